The molecule has 0 saturated carbocycles. The molecule has 0 radical (unpaired) electrons. The summed E-state index contributed by atoms with van der Waals surface area (Å²) >= 11 is 5.60. The Morgan fingerprint density at radius 1 is 1.29 bits per heavy atom. The SMILES string of the molecule is O=C(O)C1=C(S(=O)(=O)Nc2ccc(Cl)cc2F)CCCC1. The van der Waals surface area contributed by atoms with Crippen molar-refractivity contribution in [3.05, 3.63) is 39.5 Å². The lowest BCUT2D eigenvalue weighted by Crippen LogP contribution is -2.22. The van der Waals surface area contributed by atoms with Gasteiger partial charge in [0.25, 0.3) is 10.0 Å². The van der Waals surface area contributed by atoms with Crippen LogP contribution in [0, 0.1) is 5.82 Å². The molecule has 1 aromatic rings. The first kappa shape index (κ1) is 15.8. The maximum Gasteiger partial charge on any atom is 0.332 e. The average Bonchev–Trinajstić information content (AvgIpc) is 2.42. The molecule has 2 N–H and O–H groups in total. The van der Waals surface area contributed by atoms with E-state index in [-0.39, 0.29) is 34.0 Å². The van der Waals surface area contributed by atoms with Gasteiger partial charge in [0, 0.05) is 5.02 Å². The maximum absolute atomic E-state index is 13.7. The van der Waals surface area contributed by atoms with Gasteiger partial charge in [-0.05, 0) is 43.9 Å². The van der Waals surface area contributed by atoms with Crippen LogP contribution in [-0.2, 0) is 14.8 Å². The number of rotatable bonds is 4. The summed E-state index contributed by atoms with van der Waals surface area (Å²) in [5, 5.41) is 9.22. The zero-order valence-corrected chi connectivity index (χ0v) is 12.5. The van der Waals surface area contributed by atoms with Crippen molar-refractivity contribution in [3.8, 4) is 0 Å². The number of aliphatic carboxylic acids is 1. The molecule has 0 atom stereocenters. The molecule has 0 aliphatic heterocycles. The molecule has 0 fully saturated rings. The van der Waals surface area contributed by atoms with Crippen molar-refractivity contribution in [1.82, 2.24) is 0 Å². The van der Waals surface area contributed by atoms with Crippen LogP contribution < -0.4 is 4.72 Å². The van der Waals surface area contributed by atoms with E-state index >= 15 is 0 Å². The maximum atomic E-state index is 13.7. The molecule has 0 heterocycles. The Labute approximate surface area is 126 Å². The topological polar surface area (TPSA) is 83.5 Å². The van der Waals surface area contributed by atoms with Crippen LogP contribution in [-0.4, -0.2) is 19.5 Å². The Morgan fingerprint density at radius 2 is 1.95 bits per heavy atom. The van der Waals surface area contributed by atoms with E-state index in [0.29, 0.717) is 12.8 Å². The van der Waals surface area contributed by atoms with Crippen LogP contribution in [0.1, 0.15) is 25.7 Å². The van der Waals surface area contributed by atoms with Gasteiger partial charge >= 0.3 is 5.97 Å². The summed E-state index contributed by atoms with van der Waals surface area (Å²) in [6, 6.07) is 3.52. The van der Waals surface area contributed by atoms with Crippen molar-refractivity contribution in [3.63, 3.8) is 0 Å². The first-order chi connectivity index (χ1) is 9.81. The van der Waals surface area contributed by atoms with E-state index in [1.54, 1.807) is 0 Å². The van der Waals surface area contributed by atoms with E-state index in [2.05, 4.69) is 4.72 Å². The summed E-state index contributed by atoms with van der Waals surface area (Å²) in [6.45, 7) is 0. The lowest BCUT2D eigenvalue weighted by molar-refractivity contribution is -0.132. The second kappa shape index (κ2) is 6.03. The molecule has 1 aliphatic carbocycles. The third kappa shape index (κ3) is 3.54. The Bertz CT molecular complexity index is 715. The molecule has 5 nitrogen and oxygen atoms in total. The first-order valence-electron chi connectivity index (χ1n) is 6.24. The molecule has 21 heavy (non-hydrogen) atoms. The molecule has 0 amide bonds. The number of allylic oxidation sites excluding steroid dienone is 1. The minimum Gasteiger partial charge on any atom is -0.478 e. The minimum absolute atomic E-state index is 0.131. The van der Waals surface area contributed by atoms with Gasteiger partial charge in [-0.25, -0.2) is 17.6 Å². The van der Waals surface area contributed by atoms with Crippen molar-refractivity contribution in [2.24, 2.45) is 0 Å². The number of hydrogen-bond acceptors (Lipinski definition) is 3. The molecule has 0 spiro atoms. The highest BCUT2D eigenvalue weighted by atomic mass is 35.5. The summed E-state index contributed by atoms with van der Waals surface area (Å²) < 4.78 is 40.3. The number of carboxylic acids is 1. The predicted octanol–water partition coefficient (Wildman–Crippen LogP) is 3.13. The van der Waals surface area contributed by atoms with E-state index in [9.17, 15) is 17.6 Å². The highest BCUT2D eigenvalue weighted by Gasteiger charge is 2.28. The monoisotopic (exact) mass is 333 g/mol. The van der Waals surface area contributed by atoms with Crippen LogP contribution in [0.4, 0.5) is 10.1 Å². The van der Waals surface area contributed by atoms with Crippen molar-refractivity contribution >= 4 is 33.3 Å². The van der Waals surface area contributed by atoms with Gasteiger partial charge in [-0.3, -0.25) is 4.72 Å². The summed E-state index contributed by atoms with van der Waals surface area (Å²) in [4.78, 5) is 10.9. The number of halogens is 2. The number of benzene rings is 1. The van der Waals surface area contributed by atoms with Crippen LogP contribution in [0.3, 0.4) is 0 Å². The fourth-order valence-electron chi connectivity index (χ4n) is 2.18. The van der Waals surface area contributed by atoms with Gasteiger partial charge in [-0.15, -0.1) is 0 Å². The zero-order chi connectivity index (χ0) is 15.6. The van der Waals surface area contributed by atoms with Crippen molar-refractivity contribution < 1.29 is 22.7 Å². The molecule has 2 rings (SSSR count). The molecule has 114 valence electrons. The van der Waals surface area contributed by atoms with Crippen LogP contribution in [0.15, 0.2) is 28.7 Å². The summed E-state index contributed by atoms with van der Waals surface area (Å²) in [5.41, 5.74) is -0.398. The van der Waals surface area contributed by atoms with E-state index < -0.39 is 21.8 Å². The number of nitrogens with one attached hydrogen (secondary N) is 1. The third-order valence-electron chi connectivity index (χ3n) is 3.18. The van der Waals surface area contributed by atoms with E-state index in [1.807, 2.05) is 0 Å². The molecular formula is C13H13ClFNO4S. The van der Waals surface area contributed by atoms with Gasteiger partial charge in [-0.2, -0.15) is 0 Å². The van der Waals surface area contributed by atoms with Gasteiger partial charge in [0.15, 0.2) is 0 Å². The average molecular weight is 334 g/mol. The number of hydrogen-bond donors (Lipinski definition) is 2. The molecule has 1 aromatic carbocycles. The van der Waals surface area contributed by atoms with Crippen molar-refractivity contribution in [2.75, 3.05) is 4.72 Å². The van der Waals surface area contributed by atoms with Gasteiger partial charge in [-0.1, -0.05) is 11.6 Å². The van der Waals surface area contributed by atoms with Crippen LogP contribution in [0.5, 0.6) is 0 Å². The Morgan fingerprint density at radius 3 is 2.57 bits per heavy atom. The fraction of sp³-hybridized carbons (Fsp3) is 0.308. The number of anilines is 1. The van der Waals surface area contributed by atoms with Gasteiger partial charge < -0.3 is 5.11 Å². The molecule has 1 aliphatic rings. The number of carbonyl (C=O) groups is 1. The Balaban J connectivity index is 2.39. The predicted molar refractivity (Wildman–Crippen MR) is 77.1 cm³/mol. The molecule has 8 heteroatoms. The fourth-order valence-corrected chi connectivity index (χ4v) is 3.84. The first-order valence-corrected chi connectivity index (χ1v) is 8.10. The van der Waals surface area contributed by atoms with Crippen LogP contribution in [0.25, 0.3) is 0 Å². The van der Waals surface area contributed by atoms with Crippen molar-refractivity contribution in [1.29, 1.82) is 0 Å². The van der Waals surface area contributed by atoms with Gasteiger partial charge in [0.05, 0.1) is 16.2 Å². The number of sulfonamides is 1. The molecule has 0 aromatic heterocycles. The largest absolute Gasteiger partial charge is 0.478 e. The van der Waals surface area contributed by atoms with Crippen LogP contribution in [0.2, 0.25) is 5.02 Å². The zero-order valence-electron chi connectivity index (χ0n) is 10.9. The third-order valence-corrected chi connectivity index (χ3v) is 5.00. The van der Waals surface area contributed by atoms with Crippen LogP contribution >= 0.6 is 11.6 Å². The quantitative estimate of drug-likeness (QED) is 0.886. The van der Waals surface area contributed by atoms with E-state index in [1.165, 1.54) is 12.1 Å². The smallest absolute Gasteiger partial charge is 0.332 e. The van der Waals surface area contributed by atoms with Gasteiger partial charge in [0.1, 0.15) is 5.82 Å². The molecule has 0 bridgehead atoms. The molecule has 0 unspecified atom stereocenters. The highest BCUT2D eigenvalue weighted by Crippen LogP contribution is 2.30. The number of carboxylic acid groups (broad SMARTS) is 1. The highest BCUT2D eigenvalue weighted by molar-refractivity contribution is 7.96. The minimum atomic E-state index is -4.10. The summed E-state index contributed by atoms with van der Waals surface area (Å²) in [5.74, 6) is -2.08. The summed E-state index contributed by atoms with van der Waals surface area (Å²) in [7, 11) is -4.10. The summed E-state index contributed by atoms with van der Waals surface area (Å²) in [6.07, 6.45) is 1.52. The second-order valence-corrected chi connectivity index (χ2v) is 6.78. The second-order valence-electron chi connectivity index (χ2n) is 4.64. The van der Waals surface area contributed by atoms with Gasteiger partial charge in [0.2, 0.25) is 0 Å². The van der Waals surface area contributed by atoms with E-state index in [4.69, 9.17) is 16.7 Å². The Kier molecular flexibility index (Phi) is 4.53. The lowest BCUT2D eigenvalue weighted by atomic mass is 9.99. The normalized spacial score (nSPS) is 15.9. The standard InChI is InChI=1S/C13H13ClFNO4S/c14-8-5-6-11(10(15)7-8)16-21(19,20)12-4-2-1-3-9(12)13(17)18/h5-7,16H,1-4H2,(H,17,18). The Hall–Kier alpha value is -1.60. The lowest BCUT2D eigenvalue weighted by Gasteiger charge is -2.18. The molecule has 0 saturated heterocycles. The molecular weight excluding hydrogens is 321 g/mol. The van der Waals surface area contributed by atoms with Crippen molar-refractivity contribution in [2.45, 2.75) is 25.7 Å². The van der Waals surface area contributed by atoms with E-state index in [0.717, 1.165) is 6.07 Å².